The Kier molecular flexibility index (Phi) is 7.72. The zero-order valence-corrected chi connectivity index (χ0v) is 6.63. The van der Waals surface area contributed by atoms with E-state index in [0.29, 0.717) is 0 Å². The van der Waals surface area contributed by atoms with Crippen LogP contribution in [0.5, 0.6) is 0 Å². The molecule has 2 nitrogen and oxygen atoms in total. The Bertz CT molecular complexity index is 66.1. The van der Waals surface area contributed by atoms with E-state index in [2.05, 4.69) is 30.0 Å². The van der Waals surface area contributed by atoms with Crippen molar-refractivity contribution >= 4 is 17.7 Å². The molecule has 9 heavy (non-hydrogen) atoms. The molecule has 0 aromatic heterocycles. The minimum atomic E-state index is 1.00. The number of unbranched alkanes of at least 4 members (excludes halogenated alkanes) is 2. The van der Waals surface area contributed by atoms with Gasteiger partial charge in [0.05, 0.1) is 5.49 Å². The lowest BCUT2D eigenvalue weighted by atomic mass is 10.3. The van der Waals surface area contributed by atoms with Crippen LogP contribution in [0.25, 0.3) is 0 Å². The van der Waals surface area contributed by atoms with E-state index >= 15 is 0 Å². The summed E-state index contributed by atoms with van der Waals surface area (Å²) in [5.41, 5.74) is 7.19. The molecule has 0 aliphatic heterocycles. The lowest BCUT2D eigenvalue weighted by Crippen LogP contribution is -2.30. The van der Waals surface area contributed by atoms with Crippen LogP contribution in [-0.2, 0) is 0 Å². The van der Waals surface area contributed by atoms with Crippen LogP contribution in [-0.4, -0.2) is 12.0 Å². The molecule has 0 aliphatic rings. The fraction of sp³-hybridized carbons (Fsp3) is 0.833. The number of rotatable bonds is 6. The second-order valence-electron chi connectivity index (χ2n) is 1.90. The zero-order chi connectivity index (χ0) is 6.95. The molecule has 0 heterocycles. The van der Waals surface area contributed by atoms with E-state index in [4.69, 9.17) is 0 Å². The monoisotopic (exact) mass is 146 g/mol. The average Bonchev–Trinajstić information content (AvgIpc) is 1.89. The molecular formula is C6H14N2S. The molecule has 0 rings (SSSR count). The van der Waals surface area contributed by atoms with Crippen LogP contribution in [0.15, 0.2) is 0 Å². The van der Waals surface area contributed by atoms with Crippen LogP contribution < -0.4 is 10.9 Å². The summed E-state index contributed by atoms with van der Waals surface area (Å²) in [7, 11) is 0. The highest BCUT2D eigenvalue weighted by molar-refractivity contribution is 7.78. The smallest absolute Gasteiger partial charge is 0.0757 e. The standard InChI is InChI=1S/C6H14N2S/c1-2-3-4-5-7-8-6-9/h6-7H,2-5H2,1H3,(H,8,9). The third-order valence-electron chi connectivity index (χ3n) is 1.07. The summed E-state index contributed by atoms with van der Waals surface area (Å²) in [6.45, 7) is 3.19. The van der Waals surface area contributed by atoms with Crippen molar-refractivity contribution in [2.24, 2.45) is 0 Å². The number of hydrazine groups is 1. The van der Waals surface area contributed by atoms with Crippen molar-refractivity contribution in [2.75, 3.05) is 6.54 Å². The Morgan fingerprint density at radius 3 is 2.78 bits per heavy atom. The van der Waals surface area contributed by atoms with Gasteiger partial charge in [0.15, 0.2) is 0 Å². The first-order chi connectivity index (χ1) is 4.41. The molecule has 0 saturated carbocycles. The van der Waals surface area contributed by atoms with Crippen molar-refractivity contribution in [1.82, 2.24) is 10.9 Å². The van der Waals surface area contributed by atoms with Crippen molar-refractivity contribution < 1.29 is 0 Å². The second kappa shape index (κ2) is 7.85. The fourth-order valence-corrected chi connectivity index (χ4v) is 0.661. The highest BCUT2D eigenvalue weighted by Gasteiger charge is 1.81. The fourth-order valence-electron chi connectivity index (χ4n) is 0.577. The van der Waals surface area contributed by atoms with Crippen molar-refractivity contribution in [2.45, 2.75) is 26.2 Å². The Morgan fingerprint density at radius 1 is 1.44 bits per heavy atom. The lowest BCUT2D eigenvalue weighted by Gasteiger charge is -2.00. The van der Waals surface area contributed by atoms with Gasteiger partial charge in [0.2, 0.25) is 0 Å². The summed E-state index contributed by atoms with van der Waals surface area (Å²) in [5.74, 6) is 0. The SMILES string of the molecule is CCCCCNNC=S. The van der Waals surface area contributed by atoms with Gasteiger partial charge in [0, 0.05) is 6.54 Å². The van der Waals surface area contributed by atoms with Gasteiger partial charge in [-0.2, -0.15) is 0 Å². The van der Waals surface area contributed by atoms with E-state index in [1.54, 1.807) is 0 Å². The third kappa shape index (κ3) is 7.85. The molecule has 0 bridgehead atoms. The molecule has 0 saturated heterocycles. The summed E-state index contributed by atoms with van der Waals surface area (Å²) < 4.78 is 0. The maximum Gasteiger partial charge on any atom is 0.0757 e. The molecule has 0 unspecified atom stereocenters. The normalized spacial score (nSPS) is 9.00. The molecule has 54 valence electrons. The highest BCUT2D eigenvalue weighted by atomic mass is 32.1. The molecular weight excluding hydrogens is 132 g/mol. The highest BCUT2D eigenvalue weighted by Crippen LogP contribution is 1.89. The summed E-state index contributed by atoms with van der Waals surface area (Å²) in [4.78, 5) is 0. The Morgan fingerprint density at radius 2 is 2.22 bits per heavy atom. The number of hydrogen-bond acceptors (Lipinski definition) is 2. The summed E-state index contributed by atoms with van der Waals surface area (Å²) in [6.07, 6.45) is 3.76. The summed E-state index contributed by atoms with van der Waals surface area (Å²) in [5, 5.41) is 0. The van der Waals surface area contributed by atoms with E-state index < -0.39 is 0 Å². The molecule has 0 atom stereocenters. The van der Waals surface area contributed by atoms with Crippen LogP contribution >= 0.6 is 12.2 Å². The first kappa shape index (κ1) is 8.85. The van der Waals surface area contributed by atoms with Crippen LogP contribution in [0.1, 0.15) is 26.2 Å². The number of hydrogen-bond donors (Lipinski definition) is 2. The molecule has 2 N–H and O–H groups in total. The quantitative estimate of drug-likeness (QED) is 0.335. The Hall–Kier alpha value is -0.150. The molecule has 0 aromatic rings. The van der Waals surface area contributed by atoms with Crippen LogP contribution in [0, 0.1) is 0 Å². The van der Waals surface area contributed by atoms with Crippen molar-refractivity contribution in [1.29, 1.82) is 0 Å². The second-order valence-corrected chi connectivity index (χ2v) is 2.13. The zero-order valence-electron chi connectivity index (χ0n) is 5.81. The van der Waals surface area contributed by atoms with Crippen LogP contribution in [0.2, 0.25) is 0 Å². The molecule has 0 radical (unpaired) electrons. The van der Waals surface area contributed by atoms with Gasteiger partial charge in [0.25, 0.3) is 0 Å². The van der Waals surface area contributed by atoms with Gasteiger partial charge >= 0.3 is 0 Å². The van der Waals surface area contributed by atoms with Gasteiger partial charge in [-0.3, -0.25) is 0 Å². The number of nitrogens with one attached hydrogen (secondary N) is 2. The maximum absolute atomic E-state index is 4.53. The largest absolute Gasteiger partial charge is 0.318 e. The van der Waals surface area contributed by atoms with E-state index in [1.807, 2.05) is 0 Å². The summed E-state index contributed by atoms with van der Waals surface area (Å²) >= 11 is 4.53. The van der Waals surface area contributed by atoms with E-state index in [0.717, 1.165) is 6.54 Å². The Labute approximate surface area is 62.0 Å². The van der Waals surface area contributed by atoms with E-state index in [9.17, 15) is 0 Å². The van der Waals surface area contributed by atoms with E-state index in [-0.39, 0.29) is 0 Å². The topological polar surface area (TPSA) is 24.1 Å². The van der Waals surface area contributed by atoms with Gasteiger partial charge in [-0.25, -0.2) is 5.43 Å². The van der Waals surface area contributed by atoms with Crippen molar-refractivity contribution in [3.63, 3.8) is 0 Å². The van der Waals surface area contributed by atoms with Gasteiger partial charge in [0.1, 0.15) is 0 Å². The summed E-state index contributed by atoms with van der Waals surface area (Å²) in [6, 6.07) is 0. The lowest BCUT2D eigenvalue weighted by molar-refractivity contribution is 0.600. The molecule has 0 spiro atoms. The first-order valence-electron chi connectivity index (χ1n) is 3.34. The predicted molar refractivity (Wildman–Crippen MR) is 44.3 cm³/mol. The van der Waals surface area contributed by atoms with Gasteiger partial charge in [-0.05, 0) is 6.42 Å². The van der Waals surface area contributed by atoms with Crippen LogP contribution in [0.4, 0.5) is 0 Å². The van der Waals surface area contributed by atoms with Crippen molar-refractivity contribution in [3.8, 4) is 0 Å². The molecule has 0 fully saturated rings. The molecule has 3 heteroatoms. The van der Waals surface area contributed by atoms with E-state index in [1.165, 1.54) is 24.8 Å². The predicted octanol–water partition coefficient (Wildman–Crippen LogP) is 1.23. The molecule has 0 aliphatic carbocycles. The average molecular weight is 146 g/mol. The number of thiocarbonyl (C=S) groups is 1. The molecule has 0 amide bonds. The van der Waals surface area contributed by atoms with Gasteiger partial charge in [-0.1, -0.05) is 32.0 Å². The van der Waals surface area contributed by atoms with Crippen molar-refractivity contribution in [3.05, 3.63) is 0 Å². The minimum absolute atomic E-state index is 1.00. The minimum Gasteiger partial charge on any atom is -0.318 e. The van der Waals surface area contributed by atoms with Crippen LogP contribution in [0.3, 0.4) is 0 Å². The molecule has 0 aromatic carbocycles. The van der Waals surface area contributed by atoms with Gasteiger partial charge < -0.3 is 5.43 Å². The third-order valence-corrected chi connectivity index (χ3v) is 1.18. The van der Waals surface area contributed by atoms with Gasteiger partial charge in [-0.15, -0.1) is 0 Å². The first-order valence-corrected chi connectivity index (χ1v) is 3.81. The Balaban J connectivity index is 2.66. The maximum atomic E-state index is 4.53.